The van der Waals surface area contributed by atoms with Crippen molar-refractivity contribution in [3.05, 3.63) is 54.5 Å². The van der Waals surface area contributed by atoms with Crippen LogP contribution >= 0.6 is 0 Å². The minimum Gasteiger partial charge on any atom is -0.467 e. The van der Waals surface area contributed by atoms with E-state index in [1.807, 2.05) is 47.2 Å². The second kappa shape index (κ2) is 7.53. The third kappa shape index (κ3) is 3.79. The number of aliphatic hydroxyl groups excluding tert-OH is 1. The third-order valence-electron chi connectivity index (χ3n) is 4.63. The molecule has 1 aliphatic rings. The van der Waals surface area contributed by atoms with E-state index in [1.54, 1.807) is 18.4 Å². The monoisotopic (exact) mass is 328 g/mol. The van der Waals surface area contributed by atoms with E-state index in [1.165, 1.54) is 0 Å². The molecule has 5 heteroatoms. The summed E-state index contributed by atoms with van der Waals surface area (Å²) in [6, 6.07) is 13.5. The topological polar surface area (TPSA) is 56.9 Å². The lowest BCUT2D eigenvalue weighted by Crippen LogP contribution is -2.42. The lowest BCUT2D eigenvalue weighted by atomic mass is 10.1. The standard InChI is InChI=1S/C19H24N2O3/c1-20(15-7-3-2-4-8-15)14-19(23)21-11-5-9-16(21)13-17(22)18-10-6-12-24-18/h2-4,6-8,10,12,16-17,22H,5,9,11,13-14H2,1H3. The Kier molecular flexibility index (Phi) is 5.20. The Labute approximate surface area is 142 Å². The predicted molar refractivity (Wildman–Crippen MR) is 92.7 cm³/mol. The zero-order valence-corrected chi connectivity index (χ0v) is 14.0. The first-order valence-corrected chi connectivity index (χ1v) is 8.42. The van der Waals surface area contributed by atoms with Gasteiger partial charge >= 0.3 is 0 Å². The van der Waals surface area contributed by atoms with Gasteiger partial charge in [-0.15, -0.1) is 0 Å². The SMILES string of the molecule is CN(CC(=O)N1CCCC1CC(O)c1ccco1)c1ccccc1. The highest BCUT2D eigenvalue weighted by molar-refractivity contribution is 5.82. The first-order chi connectivity index (χ1) is 11.6. The van der Waals surface area contributed by atoms with Crippen molar-refractivity contribution in [2.24, 2.45) is 0 Å². The van der Waals surface area contributed by atoms with Gasteiger partial charge in [-0.05, 0) is 37.1 Å². The van der Waals surface area contributed by atoms with Gasteiger partial charge in [0.25, 0.3) is 0 Å². The highest BCUT2D eigenvalue weighted by atomic mass is 16.4. The van der Waals surface area contributed by atoms with Crippen LogP contribution in [-0.4, -0.2) is 42.1 Å². The quantitative estimate of drug-likeness (QED) is 0.886. The highest BCUT2D eigenvalue weighted by Gasteiger charge is 2.31. The molecule has 1 fully saturated rings. The average Bonchev–Trinajstić information content (AvgIpc) is 3.27. The Morgan fingerprint density at radius 1 is 1.33 bits per heavy atom. The lowest BCUT2D eigenvalue weighted by molar-refractivity contribution is -0.131. The molecule has 0 bridgehead atoms. The lowest BCUT2D eigenvalue weighted by Gasteiger charge is -2.28. The van der Waals surface area contributed by atoms with Crippen LogP contribution in [0.5, 0.6) is 0 Å². The van der Waals surface area contributed by atoms with Crippen LogP contribution in [0.2, 0.25) is 0 Å². The summed E-state index contributed by atoms with van der Waals surface area (Å²) in [5.74, 6) is 0.672. The molecule has 1 aliphatic heterocycles. The maximum absolute atomic E-state index is 12.7. The maximum atomic E-state index is 12.7. The van der Waals surface area contributed by atoms with Crippen molar-refractivity contribution in [1.82, 2.24) is 4.90 Å². The van der Waals surface area contributed by atoms with Crippen LogP contribution in [0.3, 0.4) is 0 Å². The number of likely N-dealkylation sites (N-methyl/N-ethyl adjacent to an activating group) is 1. The van der Waals surface area contributed by atoms with Crippen LogP contribution in [0.4, 0.5) is 5.69 Å². The number of hydrogen-bond donors (Lipinski definition) is 1. The number of aliphatic hydroxyl groups is 1. The summed E-state index contributed by atoms with van der Waals surface area (Å²) in [6.45, 7) is 1.11. The van der Waals surface area contributed by atoms with Gasteiger partial charge in [0.2, 0.25) is 5.91 Å². The molecule has 0 spiro atoms. The van der Waals surface area contributed by atoms with Gasteiger partial charge in [0.1, 0.15) is 11.9 Å². The second-order valence-corrected chi connectivity index (χ2v) is 6.34. The fraction of sp³-hybridized carbons (Fsp3) is 0.421. The number of nitrogens with zero attached hydrogens (tertiary/aromatic N) is 2. The largest absolute Gasteiger partial charge is 0.467 e. The molecule has 0 radical (unpaired) electrons. The second-order valence-electron chi connectivity index (χ2n) is 6.34. The molecule has 5 nitrogen and oxygen atoms in total. The number of hydrogen-bond acceptors (Lipinski definition) is 4. The molecule has 2 unspecified atom stereocenters. The van der Waals surface area contributed by atoms with Gasteiger partial charge in [-0.2, -0.15) is 0 Å². The number of benzene rings is 1. The fourth-order valence-corrected chi connectivity index (χ4v) is 3.33. The fourth-order valence-electron chi connectivity index (χ4n) is 3.33. The smallest absolute Gasteiger partial charge is 0.242 e. The van der Waals surface area contributed by atoms with Crippen LogP contribution in [-0.2, 0) is 4.79 Å². The van der Waals surface area contributed by atoms with Gasteiger partial charge in [-0.25, -0.2) is 0 Å². The number of para-hydroxylation sites is 1. The molecule has 1 aromatic heterocycles. The maximum Gasteiger partial charge on any atom is 0.242 e. The normalized spacial score (nSPS) is 18.6. The molecule has 24 heavy (non-hydrogen) atoms. The number of furan rings is 1. The molecular weight excluding hydrogens is 304 g/mol. The van der Waals surface area contributed by atoms with Gasteiger partial charge in [0.05, 0.1) is 12.8 Å². The van der Waals surface area contributed by atoms with E-state index in [0.717, 1.165) is 25.1 Å². The molecule has 1 N–H and O–H groups in total. The number of anilines is 1. The van der Waals surface area contributed by atoms with Gasteiger partial charge in [0.15, 0.2) is 0 Å². The molecular formula is C19H24N2O3. The van der Waals surface area contributed by atoms with E-state index in [0.29, 0.717) is 18.7 Å². The van der Waals surface area contributed by atoms with Crippen LogP contribution < -0.4 is 4.90 Å². The molecule has 1 aromatic carbocycles. The molecule has 3 rings (SSSR count). The van der Waals surface area contributed by atoms with Gasteiger partial charge in [-0.3, -0.25) is 4.79 Å². The molecule has 2 aromatic rings. The summed E-state index contributed by atoms with van der Waals surface area (Å²) in [6.07, 6.45) is 3.33. The van der Waals surface area contributed by atoms with Crippen molar-refractivity contribution >= 4 is 11.6 Å². The van der Waals surface area contributed by atoms with E-state index in [9.17, 15) is 9.90 Å². The number of likely N-dealkylation sites (tertiary alicyclic amines) is 1. The number of carbonyl (C=O) groups is 1. The van der Waals surface area contributed by atoms with Crippen molar-refractivity contribution in [2.75, 3.05) is 25.0 Å². The van der Waals surface area contributed by atoms with Crippen molar-refractivity contribution in [3.63, 3.8) is 0 Å². The van der Waals surface area contributed by atoms with E-state index < -0.39 is 6.10 Å². The Hall–Kier alpha value is -2.27. The Morgan fingerprint density at radius 3 is 2.83 bits per heavy atom. The minimum atomic E-state index is -0.662. The van der Waals surface area contributed by atoms with Gasteiger partial charge in [-0.1, -0.05) is 18.2 Å². The summed E-state index contributed by atoms with van der Waals surface area (Å²) in [4.78, 5) is 16.6. The zero-order valence-electron chi connectivity index (χ0n) is 14.0. The molecule has 128 valence electrons. The van der Waals surface area contributed by atoms with Crippen LogP contribution in [0.25, 0.3) is 0 Å². The predicted octanol–water partition coefficient (Wildman–Crippen LogP) is 2.83. The van der Waals surface area contributed by atoms with E-state index in [2.05, 4.69) is 0 Å². The van der Waals surface area contributed by atoms with Gasteiger partial charge in [0, 0.05) is 31.7 Å². The Balaban J connectivity index is 1.59. The number of rotatable bonds is 6. The minimum absolute atomic E-state index is 0.0711. The van der Waals surface area contributed by atoms with Crippen molar-refractivity contribution in [2.45, 2.75) is 31.4 Å². The summed E-state index contributed by atoms with van der Waals surface area (Å²) in [7, 11) is 1.93. The van der Waals surface area contributed by atoms with Crippen LogP contribution in [0, 0.1) is 0 Å². The van der Waals surface area contributed by atoms with E-state index >= 15 is 0 Å². The molecule has 0 saturated carbocycles. The highest BCUT2D eigenvalue weighted by Crippen LogP contribution is 2.28. The summed E-state index contributed by atoms with van der Waals surface area (Å²) >= 11 is 0. The molecule has 2 heterocycles. The van der Waals surface area contributed by atoms with Crippen molar-refractivity contribution < 1.29 is 14.3 Å². The van der Waals surface area contributed by atoms with Crippen LogP contribution in [0.15, 0.2) is 53.1 Å². The van der Waals surface area contributed by atoms with E-state index in [4.69, 9.17) is 4.42 Å². The number of amides is 1. The molecule has 2 atom stereocenters. The van der Waals surface area contributed by atoms with Crippen LogP contribution in [0.1, 0.15) is 31.1 Å². The van der Waals surface area contributed by atoms with Crippen molar-refractivity contribution in [1.29, 1.82) is 0 Å². The third-order valence-corrected chi connectivity index (χ3v) is 4.63. The molecule has 1 amide bonds. The molecule has 0 aliphatic carbocycles. The average molecular weight is 328 g/mol. The van der Waals surface area contributed by atoms with E-state index in [-0.39, 0.29) is 11.9 Å². The van der Waals surface area contributed by atoms with Crippen molar-refractivity contribution in [3.8, 4) is 0 Å². The summed E-state index contributed by atoms with van der Waals surface area (Å²) in [5, 5.41) is 10.3. The zero-order chi connectivity index (χ0) is 16.9. The Bertz CT molecular complexity index is 642. The first-order valence-electron chi connectivity index (χ1n) is 8.42. The first kappa shape index (κ1) is 16.6. The Morgan fingerprint density at radius 2 is 2.12 bits per heavy atom. The summed E-state index contributed by atoms with van der Waals surface area (Å²) in [5.41, 5.74) is 1.03. The summed E-state index contributed by atoms with van der Waals surface area (Å²) < 4.78 is 5.26. The number of carbonyl (C=O) groups excluding carboxylic acids is 1. The van der Waals surface area contributed by atoms with Gasteiger partial charge < -0.3 is 19.3 Å². The molecule has 1 saturated heterocycles.